The monoisotopic (exact) mass is 335 g/mol. The number of nitrogens with one attached hydrogen (secondary N) is 1. The Bertz CT molecular complexity index is 973. The van der Waals surface area contributed by atoms with Gasteiger partial charge in [-0.2, -0.15) is 0 Å². The summed E-state index contributed by atoms with van der Waals surface area (Å²) in [5, 5.41) is 2.94. The summed E-state index contributed by atoms with van der Waals surface area (Å²) in [6, 6.07) is 13.8. The first-order valence-corrected chi connectivity index (χ1v) is 8.42. The van der Waals surface area contributed by atoms with Gasteiger partial charge < -0.3 is 19.4 Å². The SMILES string of the molecule is O=C1NCCn2c(-c3cccc(C4OCCO4)c3)nc3cccc1c32. The van der Waals surface area contributed by atoms with E-state index in [0.29, 0.717) is 31.9 Å². The molecule has 3 heterocycles. The summed E-state index contributed by atoms with van der Waals surface area (Å²) >= 11 is 0. The number of amides is 1. The van der Waals surface area contributed by atoms with Crippen LogP contribution >= 0.6 is 0 Å². The third-order valence-electron chi connectivity index (χ3n) is 4.67. The smallest absolute Gasteiger partial charge is 0.253 e. The van der Waals surface area contributed by atoms with Crippen LogP contribution in [0.3, 0.4) is 0 Å². The number of ether oxygens (including phenoxy) is 2. The maximum atomic E-state index is 12.3. The number of carbonyl (C=O) groups is 1. The lowest BCUT2D eigenvalue weighted by atomic mass is 10.1. The number of hydrogen-bond acceptors (Lipinski definition) is 4. The molecule has 2 aliphatic rings. The largest absolute Gasteiger partial charge is 0.350 e. The summed E-state index contributed by atoms with van der Waals surface area (Å²) in [6.45, 7) is 2.50. The van der Waals surface area contributed by atoms with Crippen LogP contribution in [0.2, 0.25) is 0 Å². The molecule has 0 saturated carbocycles. The summed E-state index contributed by atoms with van der Waals surface area (Å²) < 4.78 is 13.3. The highest BCUT2D eigenvalue weighted by molar-refractivity contribution is 6.06. The van der Waals surface area contributed by atoms with Crippen molar-refractivity contribution in [3.8, 4) is 11.4 Å². The zero-order valence-corrected chi connectivity index (χ0v) is 13.6. The third kappa shape index (κ3) is 2.33. The Morgan fingerprint density at radius 2 is 1.96 bits per heavy atom. The molecule has 1 aromatic heterocycles. The highest BCUT2D eigenvalue weighted by Gasteiger charge is 2.23. The van der Waals surface area contributed by atoms with Crippen LogP contribution in [0.1, 0.15) is 22.2 Å². The van der Waals surface area contributed by atoms with Crippen LogP contribution in [0.25, 0.3) is 22.4 Å². The molecule has 1 N–H and O–H groups in total. The highest BCUT2D eigenvalue weighted by atomic mass is 16.7. The Labute approximate surface area is 144 Å². The predicted molar refractivity (Wildman–Crippen MR) is 92.1 cm³/mol. The second kappa shape index (κ2) is 5.68. The van der Waals surface area contributed by atoms with E-state index in [2.05, 4.69) is 16.0 Å². The Hall–Kier alpha value is -2.70. The van der Waals surface area contributed by atoms with Crippen LogP contribution in [0.5, 0.6) is 0 Å². The van der Waals surface area contributed by atoms with Crippen molar-refractivity contribution in [2.45, 2.75) is 12.8 Å². The minimum Gasteiger partial charge on any atom is -0.350 e. The fourth-order valence-electron chi connectivity index (χ4n) is 3.56. The zero-order chi connectivity index (χ0) is 16.8. The first-order valence-electron chi connectivity index (χ1n) is 8.42. The molecular formula is C19H17N3O3. The van der Waals surface area contributed by atoms with E-state index in [9.17, 15) is 4.79 Å². The van der Waals surface area contributed by atoms with Crippen molar-refractivity contribution in [3.63, 3.8) is 0 Å². The molecule has 2 aromatic carbocycles. The zero-order valence-electron chi connectivity index (χ0n) is 13.6. The van der Waals surface area contributed by atoms with Crippen molar-refractivity contribution >= 4 is 16.9 Å². The number of carbonyl (C=O) groups excluding carboxylic acids is 1. The van der Waals surface area contributed by atoms with E-state index in [-0.39, 0.29) is 12.2 Å². The van der Waals surface area contributed by atoms with Crippen LogP contribution in [0.15, 0.2) is 42.5 Å². The molecule has 1 amide bonds. The molecule has 1 saturated heterocycles. The Morgan fingerprint density at radius 1 is 1.12 bits per heavy atom. The molecule has 2 aliphatic heterocycles. The summed E-state index contributed by atoms with van der Waals surface area (Å²) in [4.78, 5) is 17.1. The molecule has 0 unspecified atom stereocenters. The molecule has 6 heteroatoms. The standard InChI is InChI=1S/C19H17N3O3/c23-18-14-5-2-6-15-16(14)22(8-7-20-18)17(21-15)12-3-1-4-13(11-12)19-24-9-10-25-19/h1-6,11,19H,7-10H2,(H,20,23). The van der Waals surface area contributed by atoms with Crippen molar-refractivity contribution in [1.29, 1.82) is 0 Å². The van der Waals surface area contributed by atoms with Gasteiger partial charge in [0.05, 0.1) is 29.8 Å². The van der Waals surface area contributed by atoms with Crippen molar-refractivity contribution in [2.24, 2.45) is 0 Å². The maximum absolute atomic E-state index is 12.3. The van der Waals surface area contributed by atoms with Crippen molar-refractivity contribution in [3.05, 3.63) is 53.6 Å². The number of nitrogens with zero attached hydrogens (tertiary/aromatic N) is 2. The molecule has 0 aliphatic carbocycles. The van der Waals surface area contributed by atoms with Gasteiger partial charge in [0.15, 0.2) is 6.29 Å². The molecule has 0 spiro atoms. The van der Waals surface area contributed by atoms with E-state index >= 15 is 0 Å². The van der Waals surface area contributed by atoms with Gasteiger partial charge in [0.2, 0.25) is 0 Å². The van der Waals surface area contributed by atoms with Gasteiger partial charge in [-0.1, -0.05) is 24.3 Å². The Morgan fingerprint density at radius 3 is 2.84 bits per heavy atom. The number of para-hydroxylation sites is 1. The van der Waals surface area contributed by atoms with E-state index in [1.807, 2.05) is 36.4 Å². The van der Waals surface area contributed by atoms with Crippen LogP contribution in [-0.4, -0.2) is 35.2 Å². The summed E-state index contributed by atoms with van der Waals surface area (Å²) in [7, 11) is 0. The predicted octanol–water partition coefficient (Wildman–Crippen LogP) is 2.49. The van der Waals surface area contributed by atoms with Gasteiger partial charge in [0, 0.05) is 24.2 Å². The van der Waals surface area contributed by atoms with E-state index in [4.69, 9.17) is 14.5 Å². The topological polar surface area (TPSA) is 65.4 Å². The first kappa shape index (κ1) is 14.6. The van der Waals surface area contributed by atoms with Crippen LogP contribution in [0, 0.1) is 0 Å². The highest BCUT2D eigenvalue weighted by Crippen LogP contribution is 2.31. The molecule has 0 radical (unpaired) electrons. The van der Waals surface area contributed by atoms with Gasteiger partial charge in [-0.15, -0.1) is 0 Å². The van der Waals surface area contributed by atoms with Crippen molar-refractivity contribution in [2.75, 3.05) is 19.8 Å². The molecule has 0 atom stereocenters. The third-order valence-corrected chi connectivity index (χ3v) is 4.67. The molecule has 25 heavy (non-hydrogen) atoms. The van der Waals surface area contributed by atoms with E-state index in [1.165, 1.54) is 0 Å². The minimum absolute atomic E-state index is 0.0442. The van der Waals surface area contributed by atoms with Crippen LogP contribution in [0.4, 0.5) is 0 Å². The molecule has 3 aromatic rings. The molecule has 5 rings (SSSR count). The molecule has 6 nitrogen and oxygen atoms in total. The number of aromatic nitrogens is 2. The maximum Gasteiger partial charge on any atom is 0.253 e. The fourth-order valence-corrected chi connectivity index (χ4v) is 3.56. The van der Waals surface area contributed by atoms with Crippen LogP contribution < -0.4 is 5.32 Å². The van der Waals surface area contributed by atoms with Gasteiger partial charge in [-0.25, -0.2) is 4.98 Å². The van der Waals surface area contributed by atoms with Gasteiger partial charge in [0.25, 0.3) is 5.91 Å². The number of rotatable bonds is 2. The quantitative estimate of drug-likeness (QED) is 0.781. The number of hydrogen-bond donors (Lipinski definition) is 1. The number of imidazole rings is 1. The van der Waals surface area contributed by atoms with Crippen LogP contribution in [-0.2, 0) is 16.0 Å². The van der Waals surface area contributed by atoms with E-state index < -0.39 is 0 Å². The fraction of sp³-hybridized carbons (Fsp3) is 0.263. The molecule has 126 valence electrons. The van der Waals surface area contributed by atoms with Gasteiger partial charge in [0.1, 0.15) is 5.82 Å². The lowest BCUT2D eigenvalue weighted by Gasteiger charge is -2.12. The average Bonchev–Trinajstić information content (AvgIpc) is 3.26. The molecule has 1 fully saturated rings. The van der Waals surface area contributed by atoms with Gasteiger partial charge in [-0.05, 0) is 18.2 Å². The number of benzene rings is 2. The van der Waals surface area contributed by atoms with E-state index in [0.717, 1.165) is 28.0 Å². The second-order valence-corrected chi connectivity index (χ2v) is 6.22. The van der Waals surface area contributed by atoms with E-state index in [1.54, 1.807) is 0 Å². The van der Waals surface area contributed by atoms with Crippen molar-refractivity contribution < 1.29 is 14.3 Å². The Balaban J connectivity index is 1.68. The lowest BCUT2D eigenvalue weighted by molar-refractivity contribution is -0.0440. The summed E-state index contributed by atoms with van der Waals surface area (Å²) in [5.74, 6) is 0.816. The first-order chi connectivity index (χ1) is 12.3. The van der Waals surface area contributed by atoms with Crippen molar-refractivity contribution in [1.82, 2.24) is 14.9 Å². The second-order valence-electron chi connectivity index (χ2n) is 6.22. The normalized spacial score (nSPS) is 17.7. The lowest BCUT2D eigenvalue weighted by Crippen LogP contribution is -2.24. The Kier molecular flexibility index (Phi) is 3.33. The average molecular weight is 335 g/mol. The minimum atomic E-state index is -0.313. The molecule has 0 bridgehead atoms. The summed E-state index contributed by atoms with van der Waals surface area (Å²) in [6.07, 6.45) is -0.313. The molecular weight excluding hydrogens is 318 g/mol. The summed E-state index contributed by atoms with van der Waals surface area (Å²) in [5.41, 5.74) is 4.38. The van der Waals surface area contributed by atoms with Gasteiger partial charge in [-0.3, -0.25) is 4.79 Å². The van der Waals surface area contributed by atoms with Gasteiger partial charge >= 0.3 is 0 Å².